The van der Waals surface area contributed by atoms with Crippen LogP contribution in [0.4, 0.5) is 5.69 Å². The summed E-state index contributed by atoms with van der Waals surface area (Å²) in [6, 6.07) is 6.98. The molecule has 1 aromatic carbocycles. The van der Waals surface area contributed by atoms with Crippen LogP contribution in [-0.4, -0.2) is 40.1 Å². The molecule has 0 bridgehead atoms. The zero-order valence-corrected chi connectivity index (χ0v) is 16.7. The summed E-state index contributed by atoms with van der Waals surface area (Å²) in [5, 5.41) is 14.2. The molecule has 0 radical (unpaired) electrons. The van der Waals surface area contributed by atoms with Crippen LogP contribution in [0.15, 0.2) is 32.9 Å². The number of rotatable bonds is 9. The van der Waals surface area contributed by atoms with E-state index in [9.17, 15) is 9.59 Å². The molecule has 134 valence electrons. The SMILES string of the molecule is CCCNC(=O)CSc1nnc(SCC(=O)Nc2cccc(Cl)c2)s1. The van der Waals surface area contributed by atoms with Gasteiger partial charge in [-0.1, -0.05) is 59.5 Å². The van der Waals surface area contributed by atoms with Crippen molar-refractivity contribution in [1.29, 1.82) is 0 Å². The molecule has 0 fully saturated rings. The molecule has 2 amide bonds. The minimum absolute atomic E-state index is 0.0165. The lowest BCUT2D eigenvalue weighted by Crippen LogP contribution is -2.25. The highest BCUT2D eigenvalue weighted by Gasteiger charge is 2.10. The van der Waals surface area contributed by atoms with Crippen molar-refractivity contribution >= 4 is 64.0 Å². The molecule has 25 heavy (non-hydrogen) atoms. The summed E-state index contributed by atoms with van der Waals surface area (Å²) in [5.41, 5.74) is 0.657. The molecule has 0 saturated heterocycles. The van der Waals surface area contributed by atoms with Crippen molar-refractivity contribution in [3.8, 4) is 0 Å². The Hall–Kier alpha value is -1.29. The van der Waals surface area contributed by atoms with E-state index >= 15 is 0 Å². The van der Waals surface area contributed by atoms with Crippen molar-refractivity contribution in [2.45, 2.75) is 22.0 Å². The average Bonchev–Trinajstić information content (AvgIpc) is 3.04. The van der Waals surface area contributed by atoms with Gasteiger partial charge in [0.15, 0.2) is 8.68 Å². The summed E-state index contributed by atoms with van der Waals surface area (Å²) in [7, 11) is 0. The van der Waals surface area contributed by atoms with E-state index in [1.165, 1.54) is 34.9 Å². The summed E-state index contributed by atoms with van der Waals surface area (Å²) >= 11 is 9.90. The number of carbonyl (C=O) groups is 2. The maximum Gasteiger partial charge on any atom is 0.234 e. The van der Waals surface area contributed by atoms with E-state index in [1.807, 2.05) is 6.92 Å². The molecule has 10 heteroatoms. The Morgan fingerprint density at radius 3 is 2.48 bits per heavy atom. The van der Waals surface area contributed by atoms with Gasteiger partial charge in [-0.3, -0.25) is 9.59 Å². The summed E-state index contributed by atoms with van der Waals surface area (Å²) in [4.78, 5) is 23.5. The smallest absolute Gasteiger partial charge is 0.234 e. The first-order valence-electron chi connectivity index (χ1n) is 7.48. The first-order valence-corrected chi connectivity index (χ1v) is 10.6. The monoisotopic (exact) mass is 416 g/mol. The fourth-order valence-corrected chi connectivity index (χ4v) is 4.49. The summed E-state index contributed by atoms with van der Waals surface area (Å²) in [5.74, 6) is 0.380. The van der Waals surface area contributed by atoms with Crippen LogP contribution in [0.1, 0.15) is 13.3 Å². The maximum absolute atomic E-state index is 11.9. The van der Waals surface area contributed by atoms with Crippen molar-refractivity contribution in [1.82, 2.24) is 15.5 Å². The van der Waals surface area contributed by atoms with Crippen molar-refractivity contribution in [3.05, 3.63) is 29.3 Å². The summed E-state index contributed by atoms with van der Waals surface area (Å²) < 4.78 is 1.40. The minimum Gasteiger partial charge on any atom is -0.355 e. The Balaban J connectivity index is 1.73. The third-order valence-corrected chi connectivity index (χ3v) is 6.15. The van der Waals surface area contributed by atoms with E-state index in [0.717, 1.165) is 6.42 Å². The van der Waals surface area contributed by atoms with Crippen molar-refractivity contribution in [2.75, 3.05) is 23.4 Å². The number of nitrogens with one attached hydrogen (secondary N) is 2. The quantitative estimate of drug-likeness (QED) is 0.608. The molecule has 0 atom stereocenters. The molecule has 1 aromatic heterocycles. The van der Waals surface area contributed by atoms with Gasteiger partial charge in [0.05, 0.1) is 11.5 Å². The molecule has 0 aliphatic carbocycles. The van der Waals surface area contributed by atoms with E-state index < -0.39 is 0 Å². The molecule has 0 aliphatic heterocycles. The van der Waals surface area contributed by atoms with Crippen LogP contribution < -0.4 is 10.6 Å². The molecule has 2 N–H and O–H groups in total. The van der Waals surface area contributed by atoms with Crippen LogP contribution >= 0.6 is 46.5 Å². The highest BCUT2D eigenvalue weighted by atomic mass is 35.5. The standard InChI is InChI=1S/C15H17ClN4O2S3/c1-2-6-17-12(21)8-23-14-19-20-15(25-14)24-9-13(22)18-11-5-3-4-10(16)7-11/h3-5,7H,2,6,8-9H2,1H3,(H,17,21)(H,18,22). The highest BCUT2D eigenvalue weighted by Crippen LogP contribution is 2.28. The first kappa shape index (κ1) is 20.0. The van der Waals surface area contributed by atoms with E-state index in [1.54, 1.807) is 24.3 Å². The number of halogens is 1. The van der Waals surface area contributed by atoms with Crippen LogP contribution in [0.3, 0.4) is 0 Å². The molecule has 6 nitrogen and oxygen atoms in total. The molecular weight excluding hydrogens is 400 g/mol. The summed E-state index contributed by atoms with van der Waals surface area (Å²) in [6.07, 6.45) is 0.910. The minimum atomic E-state index is -0.143. The van der Waals surface area contributed by atoms with Crippen molar-refractivity contribution in [2.24, 2.45) is 0 Å². The predicted molar refractivity (Wildman–Crippen MR) is 105 cm³/mol. The van der Waals surface area contributed by atoms with Gasteiger partial charge in [-0.25, -0.2) is 0 Å². The maximum atomic E-state index is 11.9. The molecule has 1 heterocycles. The van der Waals surface area contributed by atoms with Crippen LogP contribution in [0.2, 0.25) is 5.02 Å². The zero-order valence-electron chi connectivity index (χ0n) is 13.5. The van der Waals surface area contributed by atoms with Crippen LogP contribution in [-0.2, 0) is 9.59 Å². The fraction of sp³-hybridized carbons (Fsp3) is 0.333. The number of benzene rings is 1. The predicted octanol–water partition coefficient (Wildman–Crippen LogP) is 3.54. The lowest BCUT2D eigenvalue weighted by Gasteiger charge is -2.04. The van der Waals surface area contributed by atoms with Gasteiger partial charge in [-0.05, 0) is 24.6 Å². The lowest BCUT2D eigenvalue weighted by atomic mass is 10.3. The van der Waals surface area contributed by atoms with Gasteiger partial charge >= 0.3 is 0 Å². The van der Waals surface area contributed by atoms with Gasteiger partial charge in [-0.2, -0.15) is 0 Å². The zero-order chi connectivity index (χ0) is 18.1. The third kappa shape index (κ3) is 7.64. The Labute approximate surface area is 163 Å². The second kappa shape index (κ2) is 10.6. The van der Waals surface area contributed by atoms with Crippen LogP contribution in [0, 0.1) is 0 Å². The first-order chi connectivity index (χ1) is 12.1. The van der Waals surface area contributed by atoms with Gasteiger partial charge in [0.25, 0.3) is 0 Å². The van der Waals surface area contributed by atoms with E-state index in [-0.39, 0.29) is 17.6 Å². The Bertz CT molecular complexity index is 726. The van der Waals surface area contributed by atoms with E-state index in [0.29, 0.717) is 31.7 Å². The summed E-state index contributed by atoms with van der Waals surface area (Å²) in [6.45, 7) is 2.68. The second-order valence-corrected chi connectivity index (χ2v) is 8.68. The molecule has 0 spiro atoms. The number of aromatic nitrogens is 2. The topological polar surface area (TPSA) is 84.0 Å². The Morgan fingerprint density at radius 2 is 1.84 bits per heavy atom. The lowest BCUT2D eigenvalue weighted by molar-refractivity contribution is -0.118. The van der Waals surface area contributed by atoms with Gasteiger partial charge in [0.1, 0.15) is 0 Å². The van der Waals surface area contributed by atoms with Gasteiger partial charge in [0.2, 0.25) is 11.8 Å². The number of carbonyl (C=O) groups excluding carboxylic acids is 2. The number of thioether (sulfide) groups is 2. The van der Waals surface area contributed by atoms with Crippen LogP contribution in [0.5, 0.6) is 0 Å². The second-order valence-electron chi connectivity index (χ2n) is 4.82. The Kier molecular flexibility index (Phi) is 8.53. The third-order valence-electron chi connectivity index (χ3n) is 2.72. The normalized spacial score (nSPS) is 10.5. The molecule has 0 unspecified atom stereocenters. The van der Waals surface area contributed by atoms with Crippen molar-refractivity contribution in [3.63, 3.8) is 0 Å². The molecule has 2 rings (SSSR count). The largest absolute Gasteiger partial charge is 0.355 e. The highest BCUT2D eigenvalue weighted by molar-refractivity contribution is 8.03. The van der Waals surface area contributed by atoms with Crippen molar-refractivity contribution < 1.29 is 9.59 Å². The molecule has 0 saturated carbocycles. The number of hydrogen-bond acceptors (Lipinski definition) is 7. The van der Waals surface area contributed by atoms with Crippen LogP contribution in [0.25, 0.3) is 0 Å². The number of hydrogen-bond donors (Lipinski definition) is 2. The Morgan fingerprint density at radius 1 is 1.16 bits per heavy atom. The fourth-order valence-electron chi connectivity index (χ4n) is 1.65. The number of amides is 2. The number of nitrogens with zero attached hydrogens (tertiary/aromatic N) is 2. The van der Waals surface area contributed by atoms with Gasteiger partial charge in [-0.15, -0.1) is 10.2 Å². The van der Waals surface area contributed by atoms with Gasteiger partial charge < -0.3 is 10.6 Å². The molecular formula is C15H17ClN4O2S3. The molecule has 2 aromatic rings. The number of anilines is 1. The van der Waals surface area contributed by atoms with E-state index in [4.69, 9.17) is 11.6 Å². The molecule has 0 aliphatic rings. The van der Waals surface area contributed by atoms with E-state index in [2.05, 4.69) is 20.8 Å². The average molecular weight is 417 g/mol. The van der Waals surface area contributed by atoms with Gasteiger partial charge in [0, 0.05) is 17.3 Å².